The predicted molar refractivity (Wildman–Crippen MR) is 121 cm³/mol. The molecule has 0 amide bonds. The lowest BCUT2D eigenvalue weighted by molar-refractivity contribution is 0.748. The smallest absolute Gasteiger partial charge is 0.0259 e. The van der Waals surface area contributed by atoms with Crippen LogP contribution in [-0.2, 0) is 6.42 Å². The Bertz CT molecular complexity index is 1240. The average molecular weight is 466 g/mol. The van der Waals surface area contributed by atoms with Crippen molar-refractivity contribution < 1.29 is 0 Å². The fourth-order valence-corrected chi connectivity index (χ4v) is 5.54. The van der Waals surface area contributed by atoms with Gasteiger partial charge < -0.3 is 0 Å². The van der Waals surface area contributed by atoms with Crippen molar-refractivity contribution in [2.24, 2.45) is 5.92 Å². The molecule has 4 aromatic rings. The van der Waals surface area contributed by atoms with Crippen LogP contribution in [0.1, 0.15) is 25.0 Å². The van der Waals surface area contributed by atoms with Crippen LogP contribution in [0.15, 0.2) is 63.0 Å². The molecule has 0 heterocycles. The summed E-state index contributed by atoms with van der Waals surface area (Å²) in [5, 5.41) is 8.04. The van der Waals surface area contributed by atoms with Crippen molar-refractivity contribution in [3.8, 4) is 0 Å². The van der Waals surface area contributed by atoms with Crippen LogP contribution in [0.2, 0.25) is 0 Å². The van der Waals surface area contributed by atoms with Crippen LogP contribution >= 0.6 is 31.9 Å². The van der Waals surface area contributed by atoms with Gasteiger partial charge in [0.2, 0.25) is 0 Å². The number of hydrogen-bond donors (Lipinski definition) is 0. The van der Waals surface area contributed by atoms with Crippen molar-refractivity contribution in [1.29, 1.82) is 0 Å². The van der Waals surface area contributed by atoms with Gasteiger partial charge >= 0.3 is 0 Å². The van der Waals surface area contributed by atoms with Crippen molar-refractivity contribution in [2.75, 3.05) is 0 Å². The zero-order chi connectivity index (χ0) is 18.0. The maximum atomic E-state index is 3.82. The summed E-state index contributed by atoms with van der Waals surface area (Å²) in [6.07, 6.45) is 3.47. The van der Waals surface area contributed by atoms with E-state index in [4.69, 9.17) is 0 Å². The molecule has 0 atom stereocenters. The minimum atomic E-state index is 0.536. The number of allylic oxidation sites excluding steroid dienone is 1. The quantitative estimate of drug-likeness (QED) is 0.248. The second kappa shape index (κ2) is 5.94. The molecule has 0 aliphatic heterocycles. The lowest BCUT2D eigenvalue weighted by Gasteiger charge is -2.24. The van der Waals surface area contributed by atoms with Gasteiger partial charge in [0.15, 0.2) is 0 Å². The Morgan fingerprint density at radius 2 is 1.38 bits per heavy atom. The fraction of sp³-hybridized carbons (Fsp3) is 0.167. The summed E-state index contributed by atoms with van der Waals surface area (Å²) in [6.45, 7) is 4.60. The van der Waals surface area contributed by atoms with E-state index in [1.165, 1.54) is 58.0 Å². The van der Waals surface area contributed by atoms with Crippen molar-refractivity contribution in [2.45, 2.75) is 20.3 Å². The Balaban J connectivity index is 2.08. The molecule has 0 fully saturated rings. The van der Waals surface area contributed by atoms with Crippen molar-refractivity contribution in [1.82, 2.24) is 0 Å². The molecule has 4 aromatic carbocycles. The Kier molecular flexibility index (Phi) is 3.77. The highest BCUT2D eigenvalue weighted by atomic mass is 79.9. The van der Waals surface area contributed by atoms with Gasteiger partial charge in [-0.15, -0.1) is 0 Å². The maximum absolute atomic E-state index is 3.82. The van der Waals surface area contributed by atoms with Crippen LogP contribution in [0.4, 0.5) is 0 Å². The van der Waals surface area contributed by atoms with Crippen molar-refractivity contribution in [3.05, 3.63) is 74.2 Å². The highest BCUT2D eigenvalue weighted by molar-refractivity contribution is 9.11. The van der Waals surface area contributed by atoms with Gasteiger partial charge in [0.05, 0.1) is 0 Å². The van der Waals surface area contributed by atoms with Crippen LogP contribution < -0.4 is 0 Å². The monoisotopic (exact) mass is 464 g/mol. The van der Waals surface area contributed by atoms with Gasteiger partial charge in [0, 0.05) is 19.7 Å². The minimum absolute atomic E-state index is 0.536. The lowest BCUT2D eigenvalue weighted by Crippen LogP contribution is -2.06. The van der Waals surface area contributed by atoms with Crippen LogP contribution in [-0.4, -0.2) is 0 Å². The van der Waals surface area contributed by atoms with E-state index in [1.54, 1.807) is 0 Å². The Hall–Kier alpha value is -1.64. The van der Waals surface area contributed by atoms with Gasteiger partial charge in [0.25, 0.3) is 0 Å². The molecule has 0 spiro atoms. The largest absolute Gasteiger partial charge is 0.0626 e. The zero-order valence-electron chi connectivity index (χ0n) is 14.7. The van der Waals surface area contributed by atoms with E-state index in [0.29, 0.717) is 5.92 Å². The number of hydrogen-bond acceptors (Lipinski definition) is 0. The van der Waals surface area contributed by atoms with Crippen molar-refractivity contribution >= 4 is 70.3 Å². The third kappa shape index (κ3) is 2.32. The molecule has 0 bridgehead atoms. The molecular weight excluding hydrogens is 448 g/mol. The molecular formula is C24H18Br2. The van der Waals surface area contributed by atoms with Gasteiger partial charge in [-0.3, -0.25) is 0 Å². The molecule has 0 saturated heterocycles. The molecule has 0 radical (unpaired) electrons. The first kappa shape index (κ1) is 16.5. The molecule has 128 valence electrons. The minimum Gasteiger partial charge on any atom is -0.0626 e. The highest BCUT2D eigenvalue weighted by Gasteiger charge is 2.22. The second-order valence-corrected chi connectivity index (χ2v) is 9.18. The van der Waals surface area contributed by atoms with Crippen molar-refractivity contribution in [3.63, 3.8) is 0 Å². The van der Waals surface area contributed by atoms with Crippen LogP contribution in [0.25, 0.3) is 38.4 Å². The van der Waals surface area contributed by atoms with Crippen LogP contribution in [0.3, 0.4) is 0 Å². The van der Waals surface area contributed by atoms with Crippen LogP contribution in [0.5, 0.6) is 0 Å². The summed E-state index contributed by atoms with van der Waals surface area (Å²) < 4.78 is 2.36. The Morgan fingerprint density at radius 1 is 0.769 bits per heavy atom. The van der Waals surface area contributed by atoms with E-state index >= 15 is 0 Å². The van der Waals surface area contributed by atoms with Crippen LogP contribution in [0, 0.1) is 5.92 Å². The molecule has 1 aliphatic rings. The topological polar surface area (TPSA) is 0 Å². The van der Waals surface area contributed by atoms with Gasteiger partial charge in [-0.1, -0.05) is 81.6 Å². The van der Waals surface area contributed by atoms with Gasteiger partial charge in [-0.25, -0.2) is 0 Å². The number of fused-ring (bicyclic) bond motifs is 4. The Morgan fingerprint density at radius 3 is 2.04 bits per heavy atom. The summed E-state index contributed by atoms with van der Waals surface area (Å²) in [4.78, 5) is 0. The molecule has 5 rings (SSSR count). The molecule has 0 unspecified atom stereocenters. The molecule has 0 aromatic heterocycles. The predicted octanol–water partition coefficient (Wildman–Crippen LogP) is 8.27. The fourth-order valence-electron chi connectivity index (χ4n) is 4.32. The first-order valence-electron chi connectivity index (χ1n) is 9.00. The van der Waals surface area contributed by atoms with Gasteiger partial charge in [0.1, 0.15) is 0 Å². The normalized spacial score (nSPS) is 13.8. The van der Waals surface area contributed by atoms with E-state index in [9.17, 15) is 0 Å². The number of rotatable bonds is 1. The highest BCUT2D eigenvalue weighted by Crippen LogP contribution is 2.44. The van der Waals surface area contributed by atoms with E-state index in [2.05, 4.69) is 100 Å². The summed E-state index contributed by atoms with van der Waals surface area (Å²) >= 11 is 7.62. The first-order valence-corrected chi connectivity index (χ1v) is 10.6. The van der Waals surface area contributed by atoms with E-state index in [1.807, 2.05) is 0 Å². The zero-order valence-corrected chi connectivity index (χ0v) is 17.9. The number of benzene rings is 4. The van der Waals surface area contributed by atoms with Gasteiger partial charge in [-0.05, 0) is 69.3 Å². The lowest BCUT2D eigenvalue weighted by atomic mass is 9.80. The molecule has 2 heteroatoms. The molecule has 0 N–H and O–H groups in total. The third-order valence-electron chi connectivity index (χ3n) is 5.60. The Labute approximate surface area is 170 Å². The van der Waals surface area contributed by atoms with Gasteiger partial charge in [-0.2, -0.15) is 0 Å². The molecule has 26 heavy (non-hydrogen) atoms. The van der Waals surface area contributed by atoms with E-state index in [-0.39, 0.29) is 0 Å². The summed E-state index contributed by atoms with van der Waals surface area (Å²) in [5.41, 5.74) is 4.33. The maximum Gasteiger partial charge on any atom is 0.0259 e. The third-order valence-corrected chi connectivity index (χ3v) is 6.92. The molecule has 0 saturated carbocycles. The summed E-state index contributed by atoms with van der Waals surface area (Å²) in [6, 6.07) is 17.7. The SMILES string of the molecule is CC(C)C1=Cc2c3c(Br)cccc3cc3cc4cccc(Br)c4c(c23)C1. The standard InChI is InChI=1S/C24H18Br2/c1-13(2)16-11-18-22-17(9-14-5-3-7-20(25)23(14)18)10-15-6-4-8-21(26)24(15)19(22)12-16/h3-11,13H,12H2,1-2H3. The number of halogens is 2. The summed E-state index contributed by atoms with van der Waals surface area (Å²) in [7, 11) is 0. The molecule has 1 aliphatic carbocycles. The molecule has 0 nitrogen and oxygen atoms in total. The van der Waals surface area contributed by atoms with E-state index < -0.39 is 0 Å². The summed E-state index contributed by atoms with van der Waals surface area (Å²) in [5.74, 6) is 0.536. The van der Waals surface area contributed by atoms with E-state index in [0.717, 1.165) is 6.42 Å². The second-order valence-electron chi connectivity index (χ2n) is 7.47. The first-order chi connectivity index (χ1) is 12.5. The average Bonchev–Trinajstić information content (AvgIpc) is 2.61.